The van der Waals surface area contributed by atoms with Gasteiger partial charge in [-0.1, -0.05) is 24.3 Å². The van der Waals surface area contributed by atoms with Crippen molar-refractivity contribution in [1.29, 1.82) is 0 Å². The summed E-state index contributed by atoms with van der Waals surface area (Å²) in [6, 6.07) is 12.0. The molecule has 2 aromatic carbocycles. The summed E-state index contributed by atoms with van der Waals surface area (Å²) in [5.74, 6) is 0.665. The molecule has 0 spiro atoms. The normalized spacial score (nSPS) is 14.6. The quantitative estimate of drug-likeness (QED) is 0.931. The summed E-state index contributed by atoms with van der Waals surface area (Å²) < 4.78 is 43.5. The minimum Gasteiger partial charge on any atom is -0.497 e. The van der Waals surface area contributed by atoms with Crippen molar-refractivity contribution in [2.75, 3.05) is 7.11 Å². The number of ether oxygens (including phenoxy) is 1. The second-order valence-electron chi connectivity index (χ2n) is 5.01. The predicted molar refractivity (Wildman–Crippen MR) is 75.1 cm³/mol. The topological polar surface area (TPSA) is 35.2 Å². The molecule has 0 heterocycles. The Balaban J connectivity index is 2.42. The molecular formula is C16H16F3NO. The van der Waals surface area contributed by atoms with Gasteiger partial charge < -0.3 is 10.5 Å². The molecule has 112 valence electrons. The Morgan fingerprint density at radius 2 is 1.48 bits per heavy atom. The van der Waals surface area contributed by atoms with E-state index >= 15 is 0 Å². The zero-order valence-corrected chi connectivity index (χ0v) is 11.7. The fourth-order valence-electron chi connectivity index (χ4n) is 2.12. The lowest BCUT2D eigenvalue weighted by molar-refractivity contribution is -0.137. The fraction of sp³-hybridized carbons (Fsp3) is 0.250. The molecule has 0 bridgehead atoms. The van der Waals surface area contributed by atoms with Crippen LogP contribution in [0.4, 0.5) is 13.2 Å². The van der Waals surface area contributed by atoms with Gasteiger partial charge >= 0.3 is 6.18 Å². The number of hydrogen-bond acceptors (Lipinski definition) is 2. The van der Waals surface area contributed by atoms with E-state index in [2.05, 4.69) is 0 Å². The van der Waals surface area contributed by atoms with Gasteiger partial charge in [0.15, 0.2) is 0 Å². The maximum Gasteiger partial charge on any atom is 0.416 e. The number of hydrogen-bond donors (Lipinski definition) is 1. The Morgan fingerprint density at radius 3 is 2.00 bits per heavy atom. The third-order valence-corrected chi connectivity index (χ3v) is 3.48. The van der Waals surface area contributed by atoms with Gasteiger partial charge in [0.05, 0.1) is 18.2 Å². The summed E-state index contributed by atoms with van der Waals surface area (Å²) in [5.41, 5.74) is 5.65. The van der Waals surface area contributed by atoms with E-state index < -0.39 is 17.3 Å². The molecule has 2 nitrogen and oxygen atoms in total. The number of methoxy groups -OCH3 is 1. The third-order valence-electron chi connectivity index (χ3n) is 3.48. The Hall–Kier alpha value is -2.01. The molecule has 0 radical (unpaired) electrons. The molecule has 1 unspecified atom stereocenters. The van der Waals surface area contributed by atoms with Crippen LogP contribution in [0.2, 0.25) is 0 Å². The van der Waals surface area contributed by atoms with Crippen molar-refractivity contribution in [3.63, 3.8) is 0 Å². The average Bonchev–Trinajstić information content (AvgIpc) is 2.46. The third kappa shape index (κ3) is 3.19. The van der Waals surface area contributed by atoms with E-state index in [-0.39, 0.29) is 0 Å². The molecule has 1 atom stereocenters. The first-order valence-electron chi connectivity index (χ1n) is 6.36. The van der Waals surface area contributed by atoms with Gasteiger partial charge in [-0.3, -0.25) is 0 Å². The standard InChI is InChI=1S/C16H16F3NO/c1-15(20,11-6-8-14(21-2)9-7-11)12-4-3-5-13(10-12)16(17,18)19/h3-10H,20H2,1-2H3. The molecule has 2 rings (SSSR count). The van der Waals surface area contributed by atoms with Crippen LogP contribution in [0.25, 0.3) is 0 Å². The summed E-state index contributed by atoms with van der Waals surface area (Å²) in [5, 5.41) is 0. The van der Waals surface area contributed by atoms with Gasteiger partial charge in [-0.2, -0.15) is 13.2 Å². The van der Waals surface area contributed by atoms with E-state index in [1.54, 1.807) is 44.4 Å². The van der Waals surface area contributed by atoms with Crippen LogP contribution in [0.15, 0.2) is 48.5 Å². The van der Waals surface area contributed by atoms with Gasteiger partial charge in [-0.15, -0.1) is 0 Å². The van der Waals surface area contributed by atoms with Crippen molar-refractivity contribution in [2.45, 2.75) is 18.6 Å². The van der Waals surface area contributed by atoms with E-state index in [1.165, 1.54) is 6.07 Å². The number of rotatable bonds is 3. The molecule has 2 N–H and O–H groups in total. The molecule has 0 saturated heterocycles. The second-order valence-corrected chi connectivity index (χ2v) is 5.01. The predicted octanol–water partition coefficient (Wildman–Crippen LogP) is 3.94. The minimum absolute atomic E-state index is 0.405. The highest BCUT2D eigenvalue weighted by Crippen LogP contribution is 2.34. The first-order chi connectivity index (χ1) is 9.75. The first-order valence-corrected chi connectivity index (χ1v) is 6.36. The number of halogens is 3. The van der Waals surface area contributed by atoms with Crippen molar-refractivity contribution in [3.8, 4) is 5.75 Å². The molecule has 0 aliphatic rings. The maximum absolute atomic E-state index is 12.8. The monoisotopic (exact) mass is 295 g/mol. The second kappa shape index (κ2) is 5.41. The van der Waals surface area contributed by atoms with Crippen LogP contribution < -0.4 is 10.5 Å². The lowest BCUT2D eigenvalue weighted by Crippen LogP contribution is -2.34. The summed E-state index contributed by atoms with van der Waals surface area (Å²) >= 11 is 0. The SMILES string of the molecule is COc1ccc(C(C)(N)c2cccc(C(F)(F)F)c2)cc1. The lowest BCUT2D eigenvalue weighted by Gasteiger charge is -2.27. The van der Waals surface area contributed by atoms with E-state index in [4.69, 9.17) is 10.5 Å². The molecule has 0 aromatic heterocycles. The van der Waals surface area contributed by atoms with Crippen molar-refractivity contribution in [2.24, 2.45) is 5.73 Å². The lowest BCUT2D eigenvalue weighted by atomic mass is 9.85. The number of benzene rings is 2. The molecule has 0 saturated carbocycles. The van der Waals surface area contributed by atoms with Crippen molar-refractivity contribution in [1.82, 2.24) is 0 Å². The zero-order chi connectivity index (χ0) is 15.7. The van der Waals surface area contributed by atoms with E-state index in [0.29, 0.717) is 16.9 Å². The van der Waals surface area contributed by atoms with E-state index in [1.807, 2.05) is 0 Å². The van der Waals surface area contributed by atoms with Crippen LogP contribution in [0, 0.1) is 0 Å². The molecular weight excluding hydrogens is 279 g/mol. The Bertz CT molecular complexity index is 618. The van der Waals surface area contributed by atoms with Crippen LogP contribution in [-0.2, 0) is 11.7 Å². The van der Waals surface area contributed by atoms with Gasteiger partial charge in [0.25, 0.3) is 0 Å². The van der Waals surface area contributed by atoms with Gasteiger partial charge in [0, 0.05) is 0 Å². The van der Waals surface area contributed by atoms with Crippen LogP contribution >= 0.6 is 0 Å². The van der Waals surface area contributed by atoms with Crippen LogP contribution in [0.1, 0.15) is 23.6 Å². The molecule has 5 heteroatoms. The Morgan fingerprint density at radius 1 is 0.905 bits per heavy atom. The molecule has 2 aromatic rings. The molecule has 0 fully saturated rings. The average molecular weight is 295 g/mol. The van der Waals surface area contributed by atoms with Crippen molar-refractivity contribution >= 4 is 0 Å². The Kier molecular flexibility index (Phi) is 3.96. The Labute approximate surface area is 121 Å². The highest BCUT2D eigenvalue weighted by atomic mass is 19.4. The first kappa shape index (κ1) is 15.4. The number of nitrogens with two attached hydrogens (primary N) is 1. The van der Waals surface area contributed by atoms with Gasteiger partial charge in [0.2, 0.25) is 0 Å². The van der Waals surface area contributed by atoms with Gasteiger partial charge in [-0.25, -0.2) is 0 Å². The van der Waals surface area contributed by atoms with Crippen LogP contribution in [-0.4, -0.2) is 7.11 Å². The smallest absolute Gasteiger partial charge is 0.416 e. The minimum atomic E-state index is -4.38. The van der Waals surface area contributed by atoms with Crippen LogP contribution in [0.5, 0.6) is 5.75 Å². The van der Waals surface area contributed by atoms with Gasteiger partial charge in [0.1, 0.15) is 5.75 Å². The van der Waals surface area contributed by atoms with Crippen molar-refractivity contribution in [3.05, 3.63) is 65.2 Å². The zero-order valence-electron chi connectivity index (χ0n) is 11.7. The maximum atomic E-state index is 12.8. The van der Waals surface area contributed by atoms with Crippen molar-refractivity contribution < 1.29 is 17.9 Å². The molecule has 0 aliphatic heterocycles. The highest BCUT2D eigenvalue weighted by molar-refractivity contribution is 5.41. The summed E-state index contributed by atoms with van der Waals surface area (Å²) in [7, 11) is 1.55. The number of alkyl halides is 3. The molecule has 0 aliphatic carbocycles. The molecule has 0 amide bonds. The van der Waals surface area contributed by atoms with E-state index in [9.17, 15) is 13.2 Å². The summed E-state index contributed by atoms with van der Waals surface area (Å²) in [6.07, 6.45) is -4.38. The van der Waals surface area contributed by atoms with E-state index in [0.717, 1.165) is 12.1 Å². The largest absolute Gasteiger partial charge is 0.497 e. The highest BCUT2D eigenvalue weighted by Gasteiger charge is 2.32. The van der Waals surface area contributed by atoms with Gasteiger partial charge in [-0.05, 0) is 42.3 Å². The summed E-state index contributed by atoms with van der Waals surface area (Å²) in [6.45, 7) is 1.68. The van der Waals surface area contributed by atoms with Crippen LogP contribution in [0.3, 0.4) is 0 Å². The molecule has 21 heavy (non-hydrogen) atoms. The fourth-order valence-corrected chi connectivity index (χ4v) is 2.12. The summed E-state index contributed by atoms with van der Waals surface area (Å²) in [4.78, 5) is 0.